The van der Waals surface area contributed by atoms with Gasteiger partial charge in [-0.25, -0.2) is 4.89 Å². The van der Waals surface area contributed by atoms with Gasteiger partial charge in [0.15, 0.2) is 0 Å². The van der Waals surface area contributed by atoms with Gasteiger partial charge >= 0.3 is 0 Å². The first-order chi connectivity index (χ1) is 9.31. The standard InChI is InChI=1S/C14H14O3S2/c15-12-6-2-4-8-14(12)19-10-18-13-7-3-1-5-11(13)9-17-16/h1-8,15-16H,9-10H2. The number of hydrogen-bond acceptors (Lipinski definition) is 5. The minimum absolute atomic E-state index is 0.185. The predicted molar refractivity (Wildman–Crippen MR) is 78.5 cm³/mol. The van der Waals surface area contributed by atoms with Crippen LogP contribution in [0.4, 0.5) is 0 Å². The van der Waals surface area contributed by atoms with Crippen LogP contribution >= 0.6 is 23.5 Å². The number of phenolic OH excluding ortho intramolecular Hbond substituents is 1. The Balaban J connectivity index is 1.94. The van der Waals surface area contributed by atoms with E-state index in [0.29, 0.717) is 5.75 Å². The van der Waals surface area contributed by atoms with Crippen LogP contribution in [0.15, 0.2) is 58.3 Å². The minimum atomic E-state index is 0.185. The van der Waals surface area contributed by atoms with E-state index in [4.69, 9.17) is 5.26 Å². The molecule has 2 aromatic carbocycles. The summed E-state index contributed by atoms with van der Waals surface area (Å²) in [6, 6.07) is 15.1. The lowest BCUT2D eigenvalue weighted by atomic mass is 10.2. The highest BCUT2D eigenvalue weighted by Gasteiger charge is 2.04. The van der Waals surface area contributed by atoms with Crippen molar-refractivity contribution in [1.29, 1.82) is 0 Å². The van der Waals surface area contributed by atoms with Crippen LogP contribution in [0.1, 0.15) is 5.56 Å². The summed E-state index contributed by atoms with van der Waals surface area (Å²) >= 11 is 3.23. The van der Waals surface area contributed by atoms with Crippen molar-refractivity contribution in [2.45, 2.75) is 16.4 Å². The minimum Gasteiger partial charge on any atom is -0.507 e. The van der Waals surface area contributed by atoms with E-state index in [1.807, 2.05) is 36.4 Å². The topological polar surface area (TPSA) is 49.7 Å². The molecule has 0 spiro atoms. The maximum Gasteiger partial charge on any atom is 0.129 e. The van der Waals surface area contributed by atoms with Crippen molar-refractivity contribution in [1.82, 2.24) is 0 Å². The van der Waals surface area contributed by atoms with Gasteiger partial charge in [-0.05, 0) is 23.8 Å². The monoisotopic (exact) mass is 294 g/mol. The molecule has 0 aliphatic heterocycles. The van der Waals surface area contributed by atoms with Gasteiger partial charge in [0, 0.05) is 14.9 Å². The third kappa shape index (κ3) is 4.18. The molecule has 3 nitrogen and oxygen atoms in total. The Kier molecular flexibility index (Phi) is 5.60. The molecule has 0 unspecified atom stereocenters. The number of para-hydroxylation sites is 1. The summed E-state index contributed by atoms with van der Waals surface area (Å²) in [7, 11) is 0. The van der Waals surface area contributed by atoms with E-state index in [-0.39, 0.29) is 6.61 Å². The third-order valence-corrected chi connectivity index (χ3v) is 4.80. The average molecular weight is 294 g/mol. The van der Waals surface area contributed by atoms with Gasteiger partial charge < -0.3 is 5.11 Å². The average Bonchev–Trinajstić information content (AvgIpc) is 2.43. The Morgan fingerprint density at radius 3 is 2.26 bits per heavy atom. The smallest absolute Gasteiger partial charge is 0.129 e. The number of rotatable bonds is 6. The van der Waals surface area contributed by atoms with Crippen molar-refractivity contribution in [3.8, 4) is 5.75 Å². The highest BCUT2D eigenvalue weighted by atomic mass is 32.2. The molecule has 5 heteroatoms. The molecule has 0 amide bonds. The second kappa shape index (κ2) is 7.45. The zero-order chi connectivity index (χ0) is 13.5. The quantitative estimate of drug-likeness (QED) is 0.361. The molecule has 0 saturated heterocycles. The Morgan fingerprint density at radius 1 is 0.895 bits per heavy atom. The molecule has 2 N–H and O–H groups in total. The molecule has 19 heavy (non-hydrogen) atoms. The lowest BCUT2D eigenvalue weighted by molar-refractivity contribution is -0.253. The number of hydrogen-bond donors (Lipinski definition) is 2. The summed E-state index contributed by atoms with van der Waals surface area (Å²) in [6.07, 6.45) is 0. The summed E-state index contributed by atoms with van der Waals surface area (Å²) in [5, 5.41) is 19.0. The zero-order valence-corrected chi connectivity index (χ0v) is 11.8. The van der Waals surface area contributed by atoms with E-state index in [0.717, 1.165) is 20.4 Å². The summed E-state index contributed by atoms with van der Waals surface area (Å²) in [5.41, 5.74) is 0.952. The van der Waals surface area contributed by atoms with Crippen molar-refractivity contribution in [3.05, 3.63) is 54.1 Å². The van der Waals surface area contributed by atoms with E-state index in [1.165, 1.54) is 0 Å². The SMILES string of the molecule is OOCc1ccccc1SCSc1ccccc1O. The molecule has 0 aromatic heterocycles. The first-order valence-electron chi connectivity index (χ1n) is 5.69. The summed E-state index contributed by atoms with van der Waals surface area (Å²) in [6.45, 7) is 0.185. The molecular formula is C14H14O3S2. The fourth-order valence-corrected chi connectivity index (χ4v) is 3.70. The van der Waals surface area contributed by atoms with E-state index in [9.17, 15) is 5.11 Å². The molecule has 0 radical (unpaired) electrons. The van der Waals surface area contributed by atoms with Gasteiger partial charge in [0.25, 0.3) is 0 Å². The van der Waals surface area contributed by atoms with Crippen LogP contribution < -0.4 is 0 Å². The van der Waals surface area contributed by atoms with E-state index < -0.39 is 0 Å². The number of aromatic hydroxyl groups is 1. The Bertz CT molecular complexity index is 532. The molecule has 0 aliphatic carbocycles. The van der Waals surface area contributed by atoms with Gasteiger partial charge in [-0.15, -0.1) is 23.5 Å². The molecule has 0 atom stereocenters. The van der Waals surface area contributed by atoms with E-state index in [1.54, 1.807) is 35.7 Å². The predicted octanol–water partition coefficient (Wildman–Crippen LogP) is 4.22. The Morgan fingerprint density at radius 2 is 1.53 bits per heavy atom. The lowest BCUT2D eigenvalue weighted by Gasteiger charge is -2.08. The van der Waals surface area contributed by atoms with Crippen LogP contribution in [0.2, 0.25) is 0 Å². The van der Waals surface area contributed by atoms with Gasteiger partial charge in [-0.1, -0.05) is 30.3 Å². The van der Waals surface area contributed by atoms with Gasteiger partial charge in [-0.3, -0.25) is 5.26 Å². The molecular weight excluding hydrogens is 280 g/mol. The van der Waals surface area contributed by atoms with Crippen molar-refractivity contribution < 1.29 is 15.3 Å². The molecule has 2 aromatic rings. The van der Waals surface area contributed by atoms with Crippen LogP contribution in [0.5, 0.6) is 5.75 Å². The number of phenols is 1. The van der Waals surface area contributed by atoms with Crippen LogP contribution in [0, 0.1) is 0 Å². The highest BCUT2D eigenvalue weighted by molar-refractivity contribution is 8.16. The lowest BCUT2D eigenvalue weighted by Crippen LogP contribution is -1.90. The van der Waals surface area contributed by atoms with Crippen LogP contribution in [0.25, 0.3) is 0 Å². The summed E-state index contributed by atoms with van der Waals surface area (Å²) in [5.74, 6) is 0.306. The van der Waals surface area contributed by atoms with Crippen LogP contribution in [0.3, 0.4) is 0 Å². The second-order valence-electron chi connectivity index (χ2n) is 3.76. The van der Waals surface area contributed by atoms with Crippen molar-refractivity contribution in [2.75, 3.05) is 5.08 Å². The van der Waals surface area contributed by atoms with Gasteiger partial charge in [0.2, 0.25) is 0 Å². The van der Waals surface area contributed by atoms with Crippen molar-refractivity contribution >= 4 is 23.5 Å². The fourth-order valence-electron chi connectivity index (χ4n) is 1.57. The highest BCUT2D eigenvalue weighted by Crippen LogP contribution is 2.33. The van der Waals surface area contributed by atoms with Crippen LogP contribution in [-0.4, -0.2) is 15.4 Å². The van der Waals surface area contributed by atoms with Crippen molar-refractivity contribution in [3.63, 3.8) is 0 Å². The van der Waals surface area contributed by atoms with Gasteiger partial charge in [-0.2, -0.15) is 0 Å². The molecule has 0 heterocycles. The molecule has 0 bridgehead atoms. The Labute approximate surface area is 120 Å². The van der Waals surface area contributed by atoms with Gasteiger partial charge in [0.05, 0.1) is 0 Å². The van der Waals surface area contributed by atoms with Crippen molar-refractivity contribution in [2.24, 2.45) is 0 Å². The van der Waals surface area contributed by atoms with Gasteiger partial charge in [0.1, 0.15) is 12.4 Å². The number of benzene rings is 2. The molecule has 0 aliphatic rings. The van der Waals surface area contributed by atoms with E-state index >= 15 is 0 Å². The maximum absolute atomic E-state index is 9.66. The molecule has 100 valence electrons. The summed E-state index contributed by atoms with van der Waals surface area (Å²) < 4.78 is 0. The zero-order valence-electron chi connectivity index (χ0n) is 10.2. The normalized spacial score (nSPS) is 10.6. The molecule has 2 rings (SSSR count). The maximum atomic E-state index is 9.66. The fraction of sp³-hybridized carbons (Fsp3) is 0.143. The van der Waals surface area contributed by atoms with Crippen LogP contribution in [-0.2, 0) is 11.5 Å². The first-order valence-corrected chi connectivity index (χ1v) is 7.66. The largest absolute Gasteiger partial charge is 0.507 e. The first kappa shape index (κ1) is 14.3. The Hall–Kier alpha value is -1.14. The molecule has 0 saturated carbocycles. The summed E-state index contributed by atoms with van der Waals surface area (Å²) in [4.78, 5) is 6.13. The molecule has 0 fully saturated rings. The number of thioether (sulfide) groups is 2. The second-order valence-corrected chi connectivity index (χ2v) is 6.16. The third-order valence-electron chi connectivity index (χ3n) is 2.49. The van der Waals surface area contributed by atoms with E-state index in [2.05, 4.69) is 4.89 Å².